The van der Waals surface area contributed by atoms with E-state index < -0.39 is 21.6 Å². The summed E-state index contributed by atoms with van der Waals surface area (Å²) in [6, 6.07) is 11.5. The third kappa shape index (κ3) is 6.01. The van der Waals surface area contributed by atoms with Gasteiger partial charge in [0, 0.05) is 23.8 Å². The van der Waals surface area contributed by atoms with Gasteiger partial charge in [-0.05, 0) is 35.7 Å². The lowest BCUT2D eigenvalue weighted by Crippen LogP contribution is -2.03. The Labute approximate surface area is 152 Å². The van der Waals surface area contributed by atoms with Crippen molar-refractivity contribution in [3.05, 3.63) is 70.5 Å². The van der Waals surface area contributed by atoms with E-state index in [9.17, 15) is 17.6 Å². The molecule has 0 radical (unpaired) electrons. The van der Waals surface area contributed by atoms with Gasteiger partial charge in [-0.15, -0.1) is 0 Å². The molecule has 6 heteroatoms. The first-order chi connectivity index (χ1) is 12.3. The second-order valence-electron chi connectivity index (χ2n) is 5.86. The highest BCUT2D eigenvalue weighted by Crippen LogP contribution is 2.14. The zero-order valence-corrected chi connectivity index (χ0v) is 15.4. The maximum Gasteiger partial charge on any atom is 0.305 e. The lowest BCUT2D eigenvalue weighted by Gasteiger charge is -2.04. The van der Waals surface area contributed by atoms with Gasteiger partial charge in [0.15, 0.2) is 9.84 Å². The second kappa shape index (κ2) is 8.63. The first-order valence-corrected chi connectivity index (χ1v) is 9.97. The Bertz CT molecular complexity index is 969. The lowest BCUT2D eigenvalue weighted by molar-refractivity contribution is -0.140. The number of esters is 1. The molecule has 0 fully saturated rings. The maximum absolute atomic E-state index is 14.1. The van der Waals surface area contributed by atoms with Crippen molar-refractivity contribution in [3.63, 3.8) is 0 Å². The van der Waals surface area contributed by atoms with E-state index in [1.54, 1.807) is 36.4 Å². The van der Waals surface area contributed by atoms with Crippen LogP contribution in [0.5, 0.6) is 0 Å². The summed E-state index contributed by atoms with van der Waals surface area (Å²) in [5, 5.41) is 0. The van der Waals surface area contributed by atoms with Crippen molar-refractivity contribution in [1.29, 1.82) is 0 Å². The molecule has 136 valence electrons. The summed E-state index contributed by atoms with van der Waals surface area (Å²) in [5.74, 6) is 4.83. The van der Waals surface area contributed by atoms with E-state index in [-0.39, 0.29) is 18.6 Å². The first-order valence-electron chi connectivity index (χ1n) is 7.91. The predicted octanol–water partition coefficient (Wildman–Crippen LogP) is 2.88. The Hall–Kier alpha value is -2.65. The molecule has 0 saturated heterocycles. The van der Waals surface area contributed by atoms with Crippen LogP contribution in [0.4, 0.5) is 4.39 Å². The molecule has 0 unspecified atom stereocenters. The van der Waals surface area contributed by atoms with Crippen LogP contribution in [-0.2, 0) is 31.5 Å². The van der Waals surface area contributed by atoms with Crippen LogP contribution in [0.15, 0.2) is 42.5 Å². The highest BCUT2D eigenvalue weighted by atomic mass is 32.2. The molecule has 0 bridgehead atoms. The van der Waals surface area contributed by atoms with Gasteiger partial charge in [-0.3, -0.25) is 4.79 Å². The Balaban J connectivity index is 2.21. The fourth-order valence-corrected chi connectivity index (χ4v) is 3.17. The number of hydrogen-bond donors (Lipinski definition) is 0. The Morgan fingerprint density at radius 1 is 1.12 bits per heavy atom. The summed E-state index contributed by atoms with van der Waals surface area (Å²) in [6.45, 7) is 0. The fraction of sp³-hybridized carbons (Fsp3) is 0.250. The fourth-order valence-electron chi connectivity index (χ4n) is 2.36. The zero-order chi connectivity index (χ0) is 19.2. The number of carbonyl (C=O) groups excluding carboxylic acids is 1. The molecular formula is C20H19FO4S. The summed E-state index contributed by atoms with van der Waals surface area (Å²) in [4.78, 5) is 11.1. The average molecular weight is 374 g/mol. The highest BCUT2D eigenvalue weighted by Gasteiger charge is 2.08. The van der Waals surface area contributed by atoms with Crippen LogP contribution in [-0.4, -0.2) is 27.8 Å². The van der Waals surface area contributed by atoms with E-state index in [4.69, 9.17) is 0 Å². The maximum atomic E-state index is 14.1. The van der Waals surface area contributed by atoms with E-state index in [1.807, 2.05) is 0 Å². The molecule has 0 aromatic heterocycles. The molecular weight excluding hydrogens is 355 g/mol. The number of benzene rings is 2. The molecule has 0 heterocycles. The number of carbonyl (C=O) groups is 1. The smallest absolute Gasteiger partial charge is 0.305 e. The van der Waals surface area contributed by atoms with Crippen molar-refractivity contribution in [2.45, 2.75) is 18.6 Å². The minimum Gasteiger partial charge on any atom is -0.469 e. The second-order valence-corrected chi connectivity index (χ2v) is 8.00. The van der Waals surface area contributed by atoms with E-state index in [0.29, 0.717) is 22.3 Å². The third-order valence-corrected chi connectivity index (χ3v) is 4.49. The number of sulfone groups is 1. The number of ether oxygens (including phenoxy) is 1. The molecule has 0 atom stereocenters. The molecule has 4 nitrogen and oxygen atoms in total. The zero-order valence-electron chi connectivity index (χ0n) is 14.6. The standard InChI is InChI=1S/C20H19FO4S/c1-25-20(22)12-11-17-10-8-15(13-19(17)21)7-9-16-5-3-4-6-18(16)14-26(2,23)24/h3-6,8,10,13H,11-12,14H2,1-2H3. The summed E-state index contributed by atoms with van der Waals surface area (Å²) < 4.78 is 41.7. The molecule has 2 aromatic rings. The van der Waals surface area contributed by atoms with Gasteiger partial charge in [0.1, 0.15) is 5.82 Å². The van der Waals surface area contributed by atoms with Crippen LogP contribution in [0, 0.1) is 17.7 Å². The average Bonchev–Trinajstić information content (AvgIpc) is 2.58. The summed E-state index contributed by atoms with van der Waals surface area (Å²) >= 11 is 0. The van der Waals surface area contributed by atoms with Crippen LogP contribution >= 0.6 is 0 Å². The summed E-state index contributed by atoms with van der Waals surface area (Å²) in [6.07, 6.45) is 1.53. The lowest BCUT2D eigenvalue weighted by atomic mass is 10.1. The van der Waals surface area contributed by atoms with E-state index in [1.165, 1.54) is 19.4 Å². The molecule has 0 N–H and O–H groups in total. The number of halogens is 1. The molecule has 0 spiro atoms. The Morgan fingerprint density at radius 2 is 1.85 bits per heavy atom. The van der Waals surface area contributed by atoms with Gasteiger partial charge >= 0.3 is 5.97 Å². The van der Waals surface area contributed by atoms with Crippen molar-refractivity contribution >= 4 is 15.8 Å². The van der Waals surface area contributed by atoms with E-state index in [2.05, 4.69) is 16.6 Å². The monoisotopic (exact) mass is 374 g/mol. The third-order valence-electron chi connectivity index (χ3n) is 3.66. The van der Waals surface area contributed by atoms with Gasteiger partial charge in [0.25, 0.3) is 0 Å². The molecule has 2 rings (SSSR count). The van der Waals surface area contributed by atoms with E-state index in [0.717, 1.165) is 0 Å². The molecule has 2 aromatic carbocycles. The highest BCUT2D eigenvalue weighted by molar-refractivity contribution is 7.89. The van der Waals surface area contributed by atoms with Crippen LogP contribution in [0.25, 0.3) is 0 Å². The number of rotatable bonds is 5. The van der Waals surface area contributed by atoms with Gasteiger partial charge in [-0.1, -0.05) is 36.1 Å². The van der Waals surface area contributed by atoms with Crippen LogP contribution in [0.1, 0.15) is 28.7 Å². The normalized spacial score (nSPS) is 10.7. The van der Waals surface area contributed by atoms with E-state index >= 15 is 0 Å². The largest absolute Gasteiger partial charge is 0.469 e. The SMILES string of the molecule is COC(=O)CCc1ccc(C#Cc2ccccc2CS(C)(=O)=O)cc1F. The topological polar surface area (TPSA) is 60.4 Å². The predicted molar refractivity (Wildman–Crippen MR) is 97.7 cm³/mol. The van der Waals surface area contributed by atoms with Gasteiger partial charge in [0.2, 0.25) is 0 Å². The van der Waals surface area contributed by atoms with Gasteiger partial charge < -0.3 is 4.74 Å². The first kappa shape index (κ1) is 19.7. The van der Waals surface area contributed by atoms with Gasteiger partial charge in [0.05, 0.1) is 12.9 Å². The molecule has 0 aliphatic rings. The van der Waals surface area contributed by atoms with Gasteiger partial charge in [-0.2, -0.15) is 0 Å². The van der Waals surface area contributed by atoms with Crippen LogP contribution in [0.2, 0.25) is 0 Å². The van der Waals surface area contributed by atoms with Crippen molar-refractivity contribution < 1.29 is 22.3 Å². The molecule has 0 amide bonds. The van der Waals surface area contributed by atoms with Crippen molar-refractivity contribution in [2.24, 2.45) is 0 Å². The van der Waals surface area contributed by atoms with Crippen LogP contribution < -0.4 is 0 Å². The molecule has 0 aliphatic heterocycles. The Kier molecular flexibility index (Phi) is 6.53. The number of hydrogen-bond acceptors (Lipinski definition) is 4. The quantitative estimate of drug-likeness (QED) is 0.596. The van der Waals surface area contributed by atoms with Crippen molar-refractivity contribution in [1.82, 2.24) is 0 Å². The Morgan fingerprint density at radius 3 is 2.50 bits per heavy atom. The number of methoxy groups -OCH3 is 1. The van der Waals surface area contributed by atoms with Crippen molar-refractivity contribution in [3.8, 4) is 11.8 Å². The summed E-state index contributed by atoms with van der Waals surface area (Å²) in [5.41, 5.74) is 2.09. The minimum absolute atomic E-state index is 0.0985. The molecule has 0 saturated carbocycles. The van der Waals surface area contributed by atoms with Crippen molar-refractivity contribution in [2.75, 3.05) is 13.4 Å². The minimum atomic E-state index is -3.18. The molecule has 26 heavy (non-hydrogen) atoms. The summed E-state index contributed by atoms with van der Waals surface area (Å²) in [7, 11) is -1.89. The van der Waals surface area contributed by atoms with Crippen LogP contribution in [0.3, 0.4) is 0 Å². The number of aryl methyl sites for hydroxylation is 1. The van der Waals surface area contributed by atoms with Gasteiger partial charge in [-0.25, -0.2) is 12.8 Å². The molecule has 0 aliphatic carbocycles.